The highest BCUT2D eigenvalue weighted by Gasteiger charge is 2.11. The fraction of sp³-hybridized carbons (Fsp3) is 0.167. The summed E-state index contributed by atoms with van der Waals surface area (Å²) in [6.45, 7) is 2.03. The molecule has 0 fully saturated rings. The molecule has 2 aromatic rings. The van der Waals surface area contributed by atoms with Gasteiger partial charge in [-0.3, -0.25) is 0 Å². The van der Waals surface area contributed by atoms with Crippen molar-refractivity contribution in [1.29, 1.82) is 0 Å². The Labute approximate surface area is 129 Å². The minimum Gasteiger partial charge on any atom is -0.383 e. The van der Waals surface area contributed by atoms with Crippen LogP contribution in [0, 0.1) is 3.57 Å². The van der Waals surface area contributed by atoms with E-state index in [2.05, 4.69) is 32.6 Å². The number of benzene rings is 1. The van der Waals surface area contributed by atoms with Crippen LogP contribution in [0.2, 0.25) is 10.0 Å². The van der Waals surface area contributed by atoms with E-state index in [1.807, 2.05) is 13.0 Å². The molecule has 0 radical (unpaired) electrons. The predicted octanol–water partition coefficient (Wildman–Crippen LogP) is 4.20. The van der Waals surface area contributed by atoms with Gasteiger partial charge in [0.1, 0.15) is 5.82 Å². The maximum atomic E-state index is 5.99. The van der Waals surface area contributed by atoms with Gasteiger partial charge in [-0.15, -0.1) is 0 Å². The third kappa shape index (κ3) is 2.70. The summed E-state index contributed by atoms with van der Waals surface area (Å²) in [5.74, 6) is 1.06. The number of hydrogen-bond donors (Lipinski definition) is 1. The van der Waals surface area contributed by atoms with Crippen LogP contribution in [0.3, 0.4) is 0 Å². The van der Waals surface area contributed by atoms with Crippen molar-refractivity contribution in [1.82, 2.24) is 9.97 Å². The summed E-state index contributed by atoms with van der Waals surface area (Å²) in [4.78, 5) is 8.77. The summed E-state index contributed by atoms with van der Waals surface area (Å²) in [5, 5.41) is 0.988. The molecular weight excluding hydrogens is 384 g/mol. The molecule has 0 bridgehead atoms. The van der Waals surface area contributed by atoms with Crippen LogP contribution in [0.4, 0.5) is 5.82 Å². The summed E-state index contributed by atoms with van der Waals surface area (Å²) in [6.07, 6.45) is 0.805. The second kappa shape index (κ2) is 5.59. The quantitative estimate of drug-likeness (QED) is 0.778. The average molecular weight is 394 g/mol. The zero-order valence-corrected chi connectivity index (χ0v) is 13.2. The molecule has 18 heavy (non-hydrogen) atoms. The van der Waals surface area contributed by atoms with Crippen molar-refractivity contribution >= 4 is 51.6 Å². The molecule has 1 heterocycles. The van der Waals surface area contributed by atoms with E-state index in [9.17, 15) is 0 Å². The second-order valence-electron chi connectivity index (χ2n) is 3.68. The first kappa shape index (κ1) is 13.8. The molecular formula is C12H10Cl2IN3. The lowest BCUT2D eigenvalue weighted by Gasteiger charge is -2.08. The zero-order chi connectivity index (χ0) is 13.3. The summed E-state index contributed by atoms with van der Waals surface area (Å²) in [5.41, 5.74) is 7.63. The van der Waals surface area contributed by atoms with Crippen molar-refractivity contribution in [2.45, 2.75) is 13.3 Å². The standard InChI is InChI=1S/C12H10Cl2IN3/c1-2-9-10(15)11(16)18-12(17-9)6-3-4-7(13)8(14)5-6/h3-5H,2H2,1H3,(H2,16,17,18). The van der Waals surface area contributed by atoms with Crippen LogP contribution in [-0.2, 0) is 6.42 Å². The fourth-order valence-electron chi connectivity index (χ4n) is 1.51. The van der Waals surface area contributed by atoms with Crippen LogP contribution in [0.15, 0.2) is 18.2 Å². The van der Waals surface area contributed by atoms with E-state index in [1.54, 1.807) is 12.1 Å². The molecule has 2 N–H and O–H groups in total. The molecule has 1 aromatic heterocycles. The van der Waals surface area contributed by atoms with Crippen molar-refractivity contribution in [2.75, 3.05) is 5.73 Å². The number of aromatic nitrogens is 2. The Morgan fingerprint density at radius 3 is 2.56 bits per heavy atom. The lowest BCUT2D eigenvalue weighted by atomic mass is 10.2. The Morgan fingerprint density at radius 1 is 1.22 bits per heavy atom. The Kier molecular flexibility index (Phi) is 4.29. The molecule has 94 valence electrons. The van der Waals surface area contributed by atoms with Gasteiger partial charge in [0, 0.05) is 5.56 Å². The van der Waals surface area contributed by atoms with Crippen LogP contribution < -0.4 is 5.73 Å². The van der Waals surface area contributed by atoms with Gasteiger partial charge in [-0.05, 0) is 47.2 Å². The average Bonchev–Trinajstić information content (AvgIpc) is 2.36. The first-order valence-electron chi connectivity index (χ1n) is 5.30. The first-order chi connectivity index (χ1) is 8.52. The van der Waals surface area contributed by atoms with Gasteiger partial charge in [0.05, 0.1) is 19.3 Å². The second-order valence-corrected chi connectivity index (χ2v) is 5.57. The molecule has 0 aliphatic carbocycles. The maximum Gasteiger partial charge on any atom is 0.161 e. The minimum atomic E-state index is 0.480. The van der Waals surface area contributed by atoms with E-state index in [0.717, 1.165) is 21.2 Å². The van der Waals surface area contributed by atoms with Gasteiger partial charge in [0.25, 0.3) is 0 Å². The van der Waals surface area contributed by atoms with Crippen molar-refractivity contribution in [2.24, 2.45) is 0 Å². The summed E-state index contributed by atoms with van der Waals surface area (Å²) in [7, 11) is 0. The van der Waals surface area contributed by atoms with E-state index in [-0.39, 0.29) is 0 Å². The van der Waals surface area contributed by atoms with E-state index in [0.29, 0.717) is 21.7 Å². The lowest BCUT2D eigenvalue weighted by Crippen LogP contribution is -2.04. The maximum absolute atomic E-state index is 5.99. The molecule has 0 atom stereocenters. The van der Waals surface area contributed by atoms with Crippen LogP contribution in [0.25, 0.3) is 11.4 Å². The molecule has 0 amide bonds. The Balaban J connectivity index is 2.57. The number of nitrogen functional groups attached to an aromatic ring is 1. The van der Waals surface area contributed by atoms with Crippen molar-refractivity contribution in [3.05, 3.63) is 37.5 Å². The predicted molar refractivity (Wildman–Crippen MR) is 84.0 cm³/mol. The topological polar surface area (TPSA) is 51.8 Å². The fourth-order valence-corrected chi connectivity index (χ4v) is 2.43. The van der Waals surface area contributed by atoms with Crippen molar-refractivity contribution < 1.29 is 0 Å². The van der Waals surface area contributed by atoms with Crippen molar-refractivity contribution in [3.63, 3.8) is 0 Å². The Hall–Kier alpha value is -0.590. The normalized spacial score (nSPS) is 10.7. The summed E-state index contributed by atoms with van der Waals surface area (Å²) < 4.78 is 0.902. The van der Waals surface area contributed by atoms with Crippen LogP contribution in [-0.4, -0.2) is 9.97 Å². The molecule has 0 saturated heterocycles. The Morgan fingerprint density at radius 2 is 1.94 bits per heavy atom. The number of hydrogen-bond acceptors (Lipinski definition) is 3. The number of nitrogens with zero attached hydrogens (tertiary/aromatic N) is 2. The van der Waals surface area contributed by atoms with Gasteiger partial charge in [-0.2, -0.15) is 0 Å². The molecule has 0 spiro atoms. The number of aryl methyl sites for hydroxylation is 1. The van der Waals surface area contributed by atoms with Gasteiger partial charge >= 0.3 is 0 Å². The molecule has 2 rings (SSSR count). The number of anilines is 1. The first-order valence-corrected chi connectivity index (χ1v) is 7.13. The van der Waals surface area contributed by atoms with E-state index in [1.165, 1.54) is 0 Å². The van der Waals surface area contributed by atoms with Crippen LogP contribution >= 0.6 is 45.8 Å². The smallest absolute Gasteiger partial charge is 0.161 e. The summed E-state index contributed by atoms with van der Waals surface area (Å²) >= 11 is 14.0. The molecule has 0 aliphatic rings. The van der Waals surface area contributed by atoms with Gasteiger partial charge in [-0.1, -0.05) is 30.1 Å². The number of nitrogens with two attached hydrogens (primary N) is 1. The highest BCUT2D eigenvalue weighted by atomic mass is 127. The Bertz CT molecular complexity index is 602. The van der Waals surface area contributed by atoms with Crippen LogP contribution in [0.5, 0.6) is 0 Å². The van der Waals surface area contributed by atoms with Gasteiger partial charge in [0.2, 0.25) is 0 Å². The number of halogens is 3. The molecule has 0 unspecified atom stereocenters. The number of rotatable bonds is 2. The molecule has 0 aliphatic heterocycles. The molecule has 3 nitrogen and oxygen atoms in total. The minimum absolute atomic E-state index is 0.480. The highest BCUT2D eigenvalue weighted by molar-refractivity contribution is 14.1. The van der Waals surface area contributed by atoms with Crippen molar-refractivity contribution in [3.8, 4) is 11.4 Å². The van der Waals surface area contributed by atoms with Gasteiger partial charge in [0.15, 0.2) is 5.82 Å². The highest BCUT2D eigenvalue weighted by Crippen LogP contribution is 2.28. The largest absolute Gasteiger partial charge is 0.383 e. The third-order valence-corrected chi connectivity index (χ3v) is 4.37. The molecule has 0 saturated carbocycles. The van der Waals surface area contributed by atoms with Gasteiger partial charge in [-0.25, -0.2) is 9.97 Å². The monoisotopic (exact) mass is 393 g/mol. The molecule has 6 heteroatoms. The third-order valence-electron chi connectivity index (χ3n) is 2.46. The lowest BCUT2D eigenvalue weighted by molar-refractivity contribution is 0.994. The van der Waals surface area contributed by atoms with E-state index in [4.69, 9.17) is 28.9 Å². The molecule has 1 aromatic carbocycles. The van der Waals surface area contributed by atoms with E-state index >= 15 is 0 Å². The SMILES string of the molecule is CCc1nc(-c2ccc(Cl)c(Cl)c2)nc(N)c1I. The zero-order valence-electron chi connectivity index (χ0n) is 9.54. The summed E-state index contributed by atoms with van der Waals surface area (Å²) in [6, 6.07) is 5.29. The van der Waals surface area contributed by atoms with E-state index < -0.39 is 0 Å². The van der Waals surface area contributed by atoms with Gasteiger partial charge < -0.3 is 5.73 Å². The van der Waals surface area contributed by atoms with Crippen LogP contribution in [0.1, 0.15) is 12.6 Å².